The molecule has 0 atom stereocenters. The molecule has 6 nitrogen and oxygen atoms in total. The number of pyridine rings is 2. The molecule has 33 heavy (non-hydrogen) atoms. The first kappa shape index (κ1) is 20.8. The molecule has 6 heteroatoms. The zero-order valence-electron chi connectivity index (χ0n) is 18.7. The van der Waals surface area contributed by atoms with Crippen molar-refractivity contribution in [3.8, 4) is 22.9 Å². The smallest absolute Gasteiger partial charge is 0.252 e. The van der Waals surface area contributed by atoms with E-state index >= 15 is 0 Å². The maximum absolute atomic E-state index is 12.8. The second-order valence-corrected chi connectivity index (χ2v) is 8.44. The standard InChI is InChI=1S/C27H24N4O2/c1-30-24-12-11-21(16-28)29-27(24)25(15-26(30)32)31(17-18-9-10-18)22-7-3-5-19(13-22)20-6-4-8-23(14-20)33-2/h3-8,11-15,18H,9-10,17H2,1-2H3. The Morgan fingerprint density at radius 2 is 1.85 bits per heavy atom. The maximum Gasteiger partial charge on any atom is 0.252 e. The SMILES string of the molecule is COc1cccc(-c2cccc(N(CC3CC3)c3cc(=O)n(C)c4ccc(C#N)nc34)c2)c1. The van der Waals surface area contributed by atoms with Crippen molar-refractivity contribution in [1.29, 1.82) is 5.26 Å². The molecule has 1 fully saturated rings. The Morgan fingerprint density at radius 1 is 1.09 bits per heavy atom. The summed E-state index contributed by atoms with van der Waals surface area (Å²) in [5, 5.41) is 9.42. The van der Waals surface area contributed by atoms with Crippen molar-refractivity contribution < 1.29 is 4.74 Å². The van der Waals surface area contributed by atoms with E-state index in [2.05, 4.69) is 40.2 Å². The molecule has 0 spiro atoms. The van der Waals surface area contributed by atoms with Gasteiger partial charge in [-0.15, -0.1) is 0 Å². The van der Waals surface area contributed by atoms with Crippen LogP contribution < -0.4 is 15.2 Å². The van der Waals surface area contributed by atoms with Gasteiger partial charge in [-0.1, -0.05) is 24.3 Å². The predicted molar refractivity (Wildman–Crippen MR) is 130 cm³/mol. The summed E-state index contributed by atoms with van der Waals surface area (Å²) in [6, 6.07) is 23.5. The van der Waals surface area contributed by atoms with E-state index in [1.807, 2.05) is 24.3 Å². The number of nitriles is 1. The van der Waals surface area contributed by atoms with Gasteiger partial charge < -0.3 is 14.2 Å². The maximum atomic E-state index is 12.8. The summed E-state index contributed by atoms with van der Waals surface area (Å²) in [6.07, 6.45) is 2.34. The molecule has 0 amide bonds. The van der Waals surface area contributed by atoms with Gasteiger partial charge in [-0.3, -0.25) is 4.79 Å². The Balaban J connectivity index is 1.68. The number of benzene rings is 2. The number of nitrogens with zero attached hydrogens (tertiary/aromatic N) is 4. The highest BCUT2D eigenvalue weighted by molar-refractivity contribution is 5.91. The van der Waals surface area contributed by atoms with Crippen molar-refractivity contribution in [2.45, 2.75) is 12.8 Å². The van der Waals surface area contributed by atoms with Crippen molar-refractivity contribution >= 4 is 22.4 Å². The largest absolute Gasteiger partial charge is 0.497 e. The number of methoxy groups -OCH3 is 1. The van der Waals surface area contributed by atoms with Gasteiger partial charge in [-0.05, 0) is 66.3 Å². The first-order valence-corrected chi connectivity index (χ1v) is 11.0. The van der Waals surface area contributed by atoms with Gasteiger partial charge in [0.05, 0.1) is 18.3 Å². The number of aryl methyl sites for hydroxylation is 1. The van der Waals surface area contributed by atoms with E-state index in [4.69, 9.17) is 4.74 Å². The van der Waals surface area contributed by atoms with E-state index in [1.165, 1.54) is 12.8 Å². The quantitative estimate of drug-likeness (QED) is 0.424. The number of anilines is 2. The van der Waals surface area contributed by atoms with Crippen molar-refractivity contribution in [2.24, 2.45) is 13.0 Å². The van der Waals surface area contributed by atoms with Crippen LogP contribution in [0.1, 0.15) is 18.5 Å². The summed E-state index contributed by atoms with van der Waals surface area (Å²) < 4.78 is 6.97. The highest BCUT2D eigenvalue weighted by Gasteiger charge is 2.27. The lowest BCUT2D eigenvalue weighted by molar-refractivity contribution is 0.415. The van der Waals surface area contributed by atoms with Gasteiger partial charge in [-0.25, -0.2) is 4.98 Å². The highest BCUT2D eigenvalue weighted by atomic mass is 16.5. The Morgan fingerprint density at radius 3 is 2.58 bits per heavy atom. The van der Waals surface area contributed by atoms with Crippen LogP contribution in [-0.2, 0) is 7.05 Å². The second kappa shape index (κ2) is 8.44. The van der Waals surface area contributed by atoms with Crippen LogP contribution >= 0.6 is 0 Å². The van der Waals surface area contributed by atoms with Crippen LogP contribution in [0.25, 0.3) is 22.2 Å². The lowest BCUT2D eigenvalue weighted by Gasteiger charge is -2.27. The molecule has 0 bridgehead atoms. The van der Waals surface area contributed by atoms with Crippen LogP contribution in [0.5, 0.6) is 5.75 Å². The molecule has 4 aromatic rings. The number of rotatable bonds is 6. The Bertz CT molecular complexity index is 1450. The fourth-order valence-corrected chi connectivity index (χ4v) is 4.14. The fourth-order valence-electron chi connectivity index (χ4n) is 4.14. The molecular weight excluding hydrogens is 412 g/mol. The summed E-state index contributed by atoms with van der Waals surface area (Å²) in [7, 11) is 3.40. The molecule has 1 aliphatic rings. The highest BCUT2D eigenvalue weighted by Crippen LogP contribution is 2.38. The molecule has 0 saturated heterocycles. The third-order valence-electron chi connectivity index (χ3n) is 6.17. The van der Waals surface area contributed by atoms with Crippen LogP contribution in [-0.4, -0.2) is 23.2 Å². The average Bonchev–Trinajstić information content (AvgIpc) is 3.69. The van der Waals surface area contributed by atoms with E-state index < -0.39 is 0 Å². The summed E-state index contributed by atoms with van der Waals surface area (Å²) in [5.41, 5.74) is 5.44. The van der Waals surface area contributed by atoms with E-state index in [9.17, 15) is 10.1 Å². The van der Waals surface area contributed by atoms with Crippen molar-refractivity contribution in [3.63, 3.8) is 0 Å². The predicted octanol–water partition coefficient (Wildman–Crippen LogP) is 5.03. The lowest BCUT2D eigenvalue weighted by Crippen LogP contribution is -2.25. The Hall–Kier alpha value is -4.11. The van der Waals surface area contributed by atoms with E-state index in [0.29, 0.717) is 22.6 Å². The van der Waals surface area contributed by atoms with Crippen LogP contribution in [0.2, 0.25) is 0 Å². The van der Waals surface area contributed by atoms with E-state index in [1.54, 1.807) is 36.9 Å². The third-order valence-corrected chi connectivity index (χ3v) is 6.17. The zero-order valence-corrected chi connectivity index (χ0v) is 18.7. The molecular formula is C27H24N4O2. The number of aromatic nitrogens is 2. The van der Waals surface area contributed by atoms with Gasteiger partial charge in [-0.2, -0.15) is 5.26 Å². The first-order valence-electron chi connectivity index (χ1n) is 11.0. The summed E-state index contributed by atoms with van der Waals surface area (Å²) in [4.78, 5) is 19.6. The third kappa shape index (κ3) is 4.06. The lowest BCUT2D eigenvalue weighted by atomic mass is 10.0. The van der Waals surface area contributed by atoms with Gasteiger partial charge in [0.2, 0.25) is 0 Å². The summed E-state index contributed by atoms with van der Waals surface area (Å²) in [6.45, 7) is 0.794. The topological polar surface area (TPSA) is 71.2 Å². The first-order chi connectivity index (χ1) is 16.1. The van der Waals surface area contributed by atoms with Crippen molar-refractivity contribution in [3.05, 3.63) is 82.8 Å². The van der Waals surface area contributed by atoms with Crippen LogP contribution in [0.4, 0.5) is 11.4 Å². The van der Waals surface area contributed by atoms with Gasteiger partial charge in [0.25, 0.3) is 5.56 Å². The zero-order chi connectivity index (χ0) is 22.9. The van der Waals surface area contributed by atoms with Crippen molar-refractivity contribution in [1.82, 2.24) is 9.55 Å². The monoisotopic (exact) mass is 436 g/mol. The molecule has 0 aliphatic heterocycles. The minimum Gasteiger partial charge on any atom is -0.497 e. The van der Waals surface area contributed by atoms with Gasteiger partial charge >= 0.3 is 0 Å². The van der Waals surface area contributed by atoms with E-state index in [0.717, 1.165) is 34.8 Å². The van der Waals surface area contributed by atoms with Gasteiger partial charge in [0.1, 0.15) is 23.0 Å². The fraction of sp³-hybridized carbons (Fsp3) is 0.222. The molecule has 164 valence electrons. The molecule has 0 unspecified atom stereocenters. The van der Waals surface area contributed by atoms with Crippen LogP contribution in [0.3, 0.4) is 0 Å². The molecule has 1 aliphatic carbocycles. The van der Waals surface area contributed by atoms with Crippen molar-refractivity contribution in [2.75, 3.05) is 18.6 Å². The molecule has 2 aromatic carbocycles. The molecule has 5 rings (SSSR count). The average molecular weight is 437 g/mol. The Kier molecular flexibility index (Phi) is 5.31. The van der Waals surface area contributed by atoms with Crippen LogP contribution in [0, 0.1) is 17.2 Å². The number of hydrogen-bond donors (Lipinski definition) is 0. The molecule has 2 aromatic heterocycles. The Labute approximate surface area is 192 Å². The second-order valence-electron chi connectivity index (χ2n) is 8.44. The normalized spacial score (nSPS) is 13.0. The number of fused-ring (bicyclic) bond motifs is 1. The minimum atomic E-state index is -0.103. The van der Waals surface area contributed by atoms with Crippen LogP contribution in [0.15, 0.2) is 71.5 Å². The number of hydrogen-bond acceptors (Lipinski definition) is 5. The molecule has 0 N–H and O–H groups in total. The molecule has 1 saturated carbocycles. The molecule has 0 radical (unpaired) electrons. The summed E-state index contributed by atoms with van der Waals surface area (Å²) in [5.74, 6) is 1.38. The summed E-state index contributed by atoms with van der Waals surface area (Å²) >= 11 is 0. The van der Waals surface area contributed by atoms with E-state index in [-0.39, 0.29) is 5.56 Å². The number of ether oxygens (including phenoxy) is 1. The van der Waals surface area contributed by atoms with Gasteiger partial charge in [0, 0.05) is 25.3 Å². The molecule has 2 heterocycles. The minimum absolute atomic E-state index is 0.103. The van der Waals surface area contributed by atoms with Gasteiger partial charge in [0.15, 0.2) is 0 Å².